The van der Waals surface area contributed by atoms with Crippen molar-refractivity contribution in [3.63, 3.8) is 0 Å². The predicted molar refractivity (Wildman–Crippen MR) is 140 cm³/mol. The van der Waals surface area contributed by atoms with Gasteiger partial charge in [-0.25, -0.2) is 0 Å². The summed E-state index contributed by atoms with van der Waals surface area (Å²) < 4.78 is 31.2. The normalized spacial score (nSPS) is 15.4. The fraction of sp³-hybridized carbons (Fsp3) is 0.310. The van der Waals surface area contributed by atoms with Crippen molar-refractivity contribution in [2.45, 2.75) is 42.9 Å². The number of aromatic amines is 1. The van der Waals surface area contributed by atoms with Crippen LogP contribution in [0.1, 0.15) is 42.7 Å². The van der Waals surface area contributed by atoms with Crippen LogP contribution in [0.4, 0.5) is 0 Å². The van der Waals surface area contributed by atoms with E-state index >= 15 is 0 Å². The van der Waals surface area contributed by atoms with E-state index in [2.05, 4.69) is 40.2 Å². The molecule has 1 fully saturated rings. The number of H-pyrrole nitrogens is 1. The van der Waals surface area contributed by atoms with E-state index in [0.717, 1.165) is 55.4 Å². The highest BCUT2D eigenvalue weighted by Crippen LogP contribution is 2.32. The minimum atomic E-state index is -3.88. The molecule has 0 bridgehead atoms. The molecular formula is C29H32N2O3S. The third-order valence-corrected chi connectivity index (χ3v) is 8.26. The van der Waals surface area contributed by atoms with E-state index in [-0.39, 0.29) is 4.90 Å². The lowest BCUT2D eigenvalue weighted by Crippen LogP contribution is -2.33. The number of benzene rings is 3. The number of fused-ring (bicyclic) bond motifs is 1. The van der Waals surface area contributed by atoms with Gasteiger partial charge in [0.1, 0.15) is 4.90 Å². The smallest absolute Gasteiger partial charge is 0.339 e. The third kappa shape index (κ3) is 5.60. The number of aryl methyl sites for hydroxylation is 1. The number of rotatable bonds is 9. The Morgan fingerprint density at radius 2 is 1.57 bits per heavy atom. The molecule has 35 heavy (non-hydrogen) atoms. The van der Waals surface area contributed by atoms with E-state index in [0.29, 0.717) is 11.7 Å². The lowest BCUT2D eigenvalue weighted by molar-refractivity contribution is 0.209. The molecule has 6 heteroatoms. The van der Waals surface area contributed by atoms with Gasteiger partial charge in [-0.1, -0.05) is 54.6 Å². The quantitative estimate of drug-likeness (QED) is 0.227. The molecule has 0 spiro atoms. The second-order valence-electron chi connectivity index (χ2n) is 9.33. The Kier molecular flexibility index (Phi) is 7.21. The first-order valence-electron chi connectivity index (χ1n) is 12.5. The Balaban J connectivity index is 1.17. The molecule has 5 nitrogen and oxygen atoms in total. The Morgan fingerprint density at radius 3 is 2.31 bits per heavy atom. The SMILES string of the molecule is O=S(=O)(Oc1cccc2[nH]cc(CCCCN3CCC(c4ccccc4)CC3)c12)c1ccccc1. The zero-order chi connectivity index (χ0) is 24.1. The van der Waals surface area contributed by atoms with Crippen LogP contribution in [0.2, 0.25) is 0 Å². The molecule has 0 aliphatic carbocycles. The molecule has 182 valence electrons. The molecule has 2 heterocycles. The molecule has 0 saturated carbocycles. The summed E-state index contributed by atoms with van der Waals surface area (Å²) in [6, 6.07) is 24.7. The number of nitrogens with one attached hydrogen (secondary N) is 1. The molecule has 3 aromatic carbocycles. The molecule has 5 rings (SSSR count). The number of aromatic nitrogens is 1. The summed E-state index contributed by atoms with van der Waals surface area (Å²) >= 11 is 0. The summed E-state index contributed by atoms with van der Waals surface area (Å²) in [7, 11) is -3.88. The van der Waals surface area contributed by atoms with Crippen molar-refractivity contribution in [1.82, 2.24) is 9.88 Å². The van der Waals surface area contributed by atoms with E-state index < -0.39 is 10.1 Å². The summed E-state index contributed by atoms with van der Waals surface area (Å²) in [5, 5.41) is 0.857. The number of nitrogens with zero attached hydrogens (tertiary/aromatic N) is 1. The third-order valence-electron chi connectivity index (χ3n) is 7.01. The molecule has 4 aromatic rings. The molecule has 0 atom stereocenters. The van der Waals surface area contributed by atoms with Gasteiger partial charge in [-0.15, -0.1) is 0 Å². The van der Waals surface area contributed by atoms with Crippen LogP contribution in [0.3, 0.4) is 0 Å². The first kappa shape index (κ1) is 23.6. The fourth-order valence-electron chi connectivity index (χ4n) is 5.11. The molecule has 1 aliphatic heterocycles. The fourth-order valence-corrected chi connectivity index (χ4v) is 6.07. The Labute approximate surface area is 207 Å². The van der Waals surface area contributed by atoms with Gasteiger partial charge in [-0.3, -0.25) is 0 Å². The first-order valence-corrected chi connectivity index (χ1v) is 13.9. The maximum absolute atomic E-state index is 12.8. The van der Waals surface area contributed by atoms with Crippen LogP contribution >= 0.6 is 0 Å². The van der Waals surface area contributed by atoms with E-state index in [9.17, 15) is 8.42 Å². The molecular weight excluding hydrogens is 456 g/mol. The zero-order valence-corrected chi connectivity index (χ0v) is 20.7. The van der Waals surface area contributed by atoms with Crippen LogP contribution in [0.25, 0.3) is 10.9 Å². The van der Waals surface area contributed by atoms with Crippen molar-refractivity contribution in [1.29, 1.82) is 0 Å². The van der Waals surface area contributed by atoms with Crippen molar-refractivity contribution < 1.29 is 12.6 Å². The predicted octanol–water partition coefficient (Wildman–Crippen LogP) is 6.14. The number of unbranched alkanes of at least 4 members (excludes halogenated alkanes) is 1. The van der Waals surface area contributed by atoms with E-state index in [1.54, 1.807) is 36.4 Å². The van der Waals surface area contributed by atoms with Crippen LogP contribution in [0.15, 0.2) is 90.0 Å². The van der Waals surface area contributed by atoms with Crippen LogP contribution in [-0.4, -0.2) is 37.9 Å². The highest BCUT2D eigenvalue weighted by atomic mass is 32.2. The Morgan fingerprint density at radius 1 is 0.857 bits per heavy atom. The largest absolute Gasteiger partial charge is 0.378 e. The topological polar surface area (TPSA) is 62.4 Å². The van der Waals surface area contributed by atoms with Gasteiger partial charge in [0, 0.05) is 17.1 Å². The molecule has 1 aliphatic rings. The lowest BCUT2D eigenvalue weighted by Gasteiger charge is -2.32. The van der Waals surface area contributed by atoms with Crippen LogP contribution in [-0.2, 0) is 16.5 Å². The molecule has 0 amide bonds. The summed E-state index contributed by atoms with van der Waals surface area (Å²) in [5.41, 5.74) is 3.46. The molecule has 0 unspecified atom stereocenters. The Hall–Kier alpha value is -3.09. The van der Waals surface area contributed by atoms with Gasteiger partial charge in [0.25, 0.3) is 0 Å². The van der Waals surface area contributed by atoms with Crippen LogP contribution in [0.5, 0.6) is 5.75 Å². The van der Waals surface area contributed by atoms with Gasteiger partial charge in [-0.2, -0.15) is 8.42 Å². The average molecular weight is 489 g/mol. The van der Waals surface area contributed by atoms with Crippen molar-refractivity contribution in [3.05, 3.63) is 96.2 Å². The maximum atomic E-state index is 12.8. The van der Waals surface area contributed by atoms with Gasteiger partial charge in [-0.05, 0) is 93.0 Å². The van der Waals surface area contributed by atoms with E-state index in [1.807, 2.05) is 18.3 Å². The van der Waals surface area contributed by atoms with Crippen LogP contribution in [0, 0.1) is 0 Å². The number of piperidine rings is 1. The monoisotopic (exact) mass is 488 g/mol. The zero-order valence-electron chi connectivity index (χ0n) is 19.9. The summed E-state index contributed by atoms with van der Waals surface area (Å²) in [5.74, 6) is 1.06. The summed E-state index contributed by atoms with van der Waals surface area (Å²) in [6.07, 6.45) is 7.48. The molecule has 1 saturated heterocycles. The minimum absolute atomic E-state index is 0.158. The van der Waals surface area contributed by atoms with Crippen molar-refractivity contribution >= 4 is 21.0 Å². The van der Waals surface area contributed by atoms with E-state index in [1.165, 1.54) is 18.4 Å². The summed E-state index contributed by atoms with van der Waals surface area (Å²) in [4.78, 5) is 6.02. The second kappa shape index (κ2) is 10.7. The maximum Gasteiger partial charge on any atom is 0.339 e. The first-order chi connectivity index (χ1) is 17.1. The number of likely N-dealkylation sites (tertiary alicyclic amines) is 1. The molecule has 1 N–H and O–H groups in total. The standard InChI is InChI=1S/C29H32N2O3S/c32-35(33,26-13-5-2-6-14-26)34-28-16-9-15-27-29(28)25(22-30-27)12-7-8-19-31-20-17-24(18-21-31)23-10-3-1-4-11-23/h1-6,9-11,13-16,22,24,30H,7-8,12,17-21H2. The van der Waals surface area contributed by atoms with Gasteiger partial charge in [0.15, 0.2) is 5.75 Å². The summed E-state index contributed by atoms with van der Waals surface area (Å²) in [6.45, 7) is 3.42. The minimum Gasteiger partial charge on any atom is -0.378 e. The van der Waals surface area contributed by atoms with Crippen molar-refractivity contribution in [3.8, 4) is 5.75 Å². The van der Waals surface area contributed by atoms with Crippen molar-refractivity contribution in [2.24, 2.45) is 0 Å². The highest BCUT2D eigenvalue weighted by Gasteiger charge is 2.21. The van der Waals surface area contributed by atoms with Gasteiger partial charge in [0.05, 0.1) is 0 Å². The van der Waals surface area contributed by atoms with E-state index in [4.69, 9.17) is 4.18 Å². The number of hydrogen-bond donors (Lipinski definition) is 1. The lowest BCUT2D eigenvalue weighted by atomic mass is 9.89. The molecule has 0 radical (unpaired) electrons. The van der Waals surface area contributed by atoms with Gasteiger partial charge in [0.2, 0.25) is 0 Å². The van der Waals surface area contributed by atoms with Gasteiger partial charge >= 0.3 is 10.1 Å². The number of hydrogen-bond acceptors (Lipinski definition) is 4. The Bertz CT molecular complexity index is 1340. The highest BCUT2D eigenvalue weighted by molar-refractivity contribution is 7.87. The second-order valence-corrected chi connectivity index (χ2v) is 10.9. The molecule has 1 aromatic heterocycles. The van der Waals surface area contributed by atoms with Crippen molar-refractivity contribution in [2.75, 3.05) is 19.6 Å². The average Bonchev–Trinajstić information content (AvgIpc) is 3.32. The van der Waals surface area contributed by atoms with Gasteiger partial charge < -0.3 is 14.1 Å². The van der Waals surface area contributed by atoms with Crippen LogP contribution < -0.4 is 4.18 Å².